The average molecular weight is 294 g/mol. The van der Waals surface area contributed by atoms with Crippen LogP contribution in [0.3, 0.4) is 0 Å². The molecule has 0 fully saturated rings. The first kappa shape index (κ1) is 14.2. The summed E-state index contributed by atoms with van der Waals surface area (Å²) in [5, 5.41) is 2.77. The van der Waals surface area contributed by atoms with Crippen molar-refractivity contribution >= 4 is 28.6 Å². The SMILES string of the molecule is Cc1ccc(CN(C(=O)c2csc(C)n2)C(C)C)s1. The molecule has 0 bridgehead atoms. The summed E-state index contributed by atoms with van der Waals surface area (Å²) in [6.45, 7) is 8.74. The number of thiophene rings is 1. The van der Waals surface area contributed by atoms with Gasteiger partial charge in [-0.1, -0.05) is 0 Å². The highest BCUT2D eigenvalue weighted by Gasteiger charge is 2.21. The molecule has 0 aromatic carbocycles. The van der Waals surface area contributed by atoms with Gasteiger partial charge in [0, 0.05) is 21.2 Å². The lowest BCUT2D eigenvalue weighted by Crippen LogP contribution is -2.36. The Labute approximate surface area is 121 Å². The molecule has 0 saturated carbocycles. The van der Waals surface area contributed by atoms with Gasteiger partial charge in [-0.25, -0.2) is 4.98 Å². The third-order valence-corrected chi connectivity index (χ3v) is 4.60. The van der Waals surface area contributed by atoms with Gasteiger partial charge < -0.3 is 4.90 Å². The zero-order valence-corrected chi connectivity index (χ0v) is 13.3. The molecule has 0 unspecified atom stereocenters. The van der Waals surface area contributed by atoms with E-state index in [4.69, 9.17) is 0 Å². The van der Waals surface area contributed by atoms with Crippen molar-refractivity contribution in [2.45, 2.75) is 40.3 Å². The normalized spacial score (nSPS) is 11.0. The predicted octanol–water partition coefficient (Wildman–Crippen LogP) is 3.87. The largest absolute Gasteiger partial charge is 0.330 e. The zero-order chi connectivity index (χ0) is 14.0. The van der Waals surface area contributed by atoms with Crippen LogP contribution in [-0.4, -0.2) is 21.8 Å². The van der Waals surface area contributed by atoms with Crippen LogP contribution in [-0.2, 0) is 6.54 Å². The number of carbonyl (C=O) groups excluding carboxylic acids is 1. The maximum Gasteiger partial charge on any atom is 0.273 e. The van der Waals surface area contributed by atoms with Gasteiger partial charge in [-0.05, 0) is 39.8 Å². The smallest absolute Gasteiger partial charge is 0.273 e. The van der Waals surface area contributed by atoms with Gasteiger partial charge in [0.05, 0.1) is 11.6 Å². The Hall–Kier alpha value is -1.20. The van der Waals surface area contributed by atoms with Gasteiger partial charge in [0.25, 0.3) is 5.91 Å². The maximum atomic E-state index is 12.5. The minimum atomic E-state index is 0.0189. The van der Waals surface area contributed by atoms with E-state index >= 15 is 0 Å². The van der Waals surface area contributed by atoms with E-state index in [1.54, 1.807) is 11.3 Å². The molecule has 5 heteroatoms. The van der Waals surface area contributed by atoms with Gasteiger partial charge in [-0.3, -0.25) is 4.79 Å². The fourth-order valence-electron chi connectivity index (χ4n) is 1.84. The number of nitrogens with zero attached hydrogens (tertiary/aromatic N) is 2. The molecule has 1 amide bonds. The van der Waals surface area contributed by atoms with E-state index in [1.165, 1.54) is 21.1 Å². The molecule has 3 nitrogen and oxygen atoms in total. The fraction of sp³-hybridized carbons (Fsp3) is 0.429. The molecule has 0 spiro atoms. The molecule has 0 radical (unpaired) electrons. The quantitative estimate of drug-likeness (QED) is 0.857. The number of aromatic nitrogens is 1. The van der Waals surface area contributed by atoms with Crippen LogP contribution in [0.2, 0.25) is 0 Å². The number of rotatable bonds is 4. The first-order valence-corrected chi connectivity index (χ1v) is 7.95. The van der Waals surface area contributed by atoms with Crippen molar-refractivity contribution in [3.05, 3.63) is 38.0 Å². The molecule has 0 saturated heterocycles. The Kier molecular flexibility index (Phi) is 4.37. The highest BCUT2D eigenvalue weighted by atomic mass is 32.1. The van der Waals surface area contributed by atoms with Crippen molar-refractivity contribution in [3.8, 4) is 0 Å². The number of aryl methyl sites for hydroxylation is 2. The molecular weight excluding hydrogens is 276 g/mol. The average Bonchev–Trinajstić information content (AvgIpc) is 2.94. The monoisotopic (exact) mass is 294 g/mol. The van der Waals surface area contributed by atoms with E-state index in [2.05, 4.69) is 24.0 Å². The molecule has 19 heavy (non-hydrogen) atoms. The molecule has 2 rings (SSSR count). The lowest BCUT2D eigenvalue weighted by Gasteiger charge is -2.25. The predicted molar refractivity (Wildman–Crippen MR) is 80.9 cm³/mol. The summed E-state index contributed by atoms with van der Waals surface area (Å²) in [6.07, 6.45) is 0. The molecule has 0 aliphatic carbocycles. The molecule has 2 aromatic heterocycles. The van der Waals surface area contributed by atoms with Crippen LogP contribution in [0.1, 0.15) is 39.1 Å². The maximum absolute atomic E-state index is 12.5. The van der Waals surface area contributed by atoms with Gasteiger partial charge >= 0.3 is 0 Å². The summed E-state index contributed by atoms with van der Waals surface area (Å²) >= 11 is 3.26. The first-order valence-electron chi connectivity index (χ1n) is 6.26. The van der Waals surface area contributed by atoms with Crippen LogP contribution in [0.15, 0.2) is 17.5 Å². The van der Waals surface area contributed by atoms with Crippen LogP contribution in [0.4, 0.5) is 0 Å². The summed E-state index contributed by atoms with van der Waals surface area (Å²) < 4.78 is 0. The Morgan fingerprint density at radius 1 is 1.37 bits per heavy atom. The van der Waals surface area contributed by atoms with Gasteiger partial charge in [-0.2, -0.15) is 0 Å². The summed E-state index contributed by atoms with van der Waals surface area (Å²) in [4.78, 5) is 21.1. The van der Waals surface area contributed by atoms with Crippen molar-refractivity contribution < 1.29 is 4.79 Å². The van der Waals surface area contributed by atoms with Crippen LogP contribution >= 0.6 is 22.7 Å². The van der Waals surface area contributed by atoms with Gasteiger partial charge in [-0.15, -0.1) is 22.7 Å². The minimum absolute atomic E-state index is 0.0189. The summed E-state index contributed by atoms with van der Waals surface area (Å²) in [5.74, 6) is 0.0189. The van der Waals surface area contributed by atoms with Crippen molar-refractivity contribution in [2.75, 3.05) is 0 Å². The molecule has 0 aliphatic heterocycles. The molecule has 0 aliphatic rings. The van der Waals surface area contributed by atoms with Crippen molar-refractivity contribution in [2.24, 2.45) is 0 Å². The van der Waals surface area contributed by atoms with Crippen LogP contribution in [0.5, 0.6) is 0 Å². The molecule has 0 N–H and O–H groups in total. The third-order valence-electron chi connectivity index (χ3n) is 2.84. The zero-order valence-electron chi connectivity index (χ0n) is 11.6. The number of thiazole rings is 1. The standard InChI is InChI=1S/C14H18N2OS2/c1-9(2)16(7-12-6-5-10(3)19-12)14(17)13-8-18-11(4)15-13/h5-6,8-9H,7H2,1-4H3. The highest BCUT2D eigenvalue weighted by Crippen LogP contribution is 2.20. The first-order chi connectivity index (χ1) is 8.97. The minimum Gasteiger partial charge on any atom is -0.330 e. The molecular formula is C14H18N2OS2. The Balaban J connectivity index is 2.18. The second kappa shape index (κ2) is 5.84. The second-order valence-corrected chi connectivity index (χ2v) is 7.23. The van der Waals surface area contributed by atoms with Crippen LogP contribution in [0, 0.1) is 13.8 Å². The van der Waals surface area contributed by atoms with E-state index < -0.39 is 0 Å². The van der Waals surface area contributed by atoms with E-state index in [-0.39, 0.29) is 11.9 Å². The number of carbonyl (C=O) groups is 1. The van der Waals surface area contributed by atoms with Gasteiger partial charge in [0.1, 0.15) is 5.69 Å². The van der Waals surface area contributed by atoms with Crippen LogP contribution < -0.4 is 0 Å². The summed E-state index contributed by atoms with van der Waals surface area (Å²) in [6, 6.07) is 4.35. The number of hydrogen-bond acceptors (Lipinski definition) is 4. The van der Waals surface area contributed by atoms with E-state index in [1.807, 2.05) is 31.1 Å². The Morgan fingerprint density at radius 3 is 2.58 bits per heavy atom. The summed E-state index contributed by atoms with van der Waals surface area (Å²) in [7, 11) is 0. The lowest BCUT2D eigenvalue weighted by atomic mass is 10.2. The Morgan fingerprint density at radius 2 is 2.11 bits per heavy atom. The molecule has 0 atom stereocenters. The third kappa shape index (κ3) is 3.42. The number of hydrogen-bond donors (Lipinski definition) is 0. The number of amides is 1. The van der Waals surface area contributed by atoms with Gasteiger partial charge in [0.2, 0.25) is 0 Å². The lowest BCUT2D eigenvalue weighted by molar-refractivity contribution is 0.0687. The van der Waals surface area contributed by atoms with E-state index in [9.17, 15) is 4.79 Å². The Bertz CT molecular complexity index is 572. The molecule has 102 valence electrons. The van der Waals surface area contributed by atoms with Crippen molar-refractivity contribution in [3.63, 3.8) is 0 Å². The molecule has 2 aromatic rings. The van der Waals surface area contributed by atoms with Gasteiger partial charge in [0.15, 0.2) is 0 Å². The van der Waals surface area contributed by atoms with E-state index in [0.29, 0.717) is 12.2 Å². The van der Waals surface area contributed by atoms with Crippen molar-refractivity contribution in [1.82, 2.24) is 9.88 Å². The molecule has 2 heterocycles. The fourth-order valence-corrected chi connectivity index (χ4v) is 3.31. The van der Waals surface area contributed by atoms with E-state index in [0.717, 1.165) is 5.01 Å². The second-order valence-electron chi connectivity index (χ2n) is 4.79. The summed E-state index contributed by atoms with van der Waals surface area (Å²) in [5.41, 5.74) is 0.560. The van der Waals surface area contributed by atoms with Crippen molar-refractivity contribution in [1.29, 1.82) is 0 Å². The highest BCUT2D eigenvalue weighted by molar-refractivity contribution is 7.11. The topological polar surface area (TPSA) is 33.2 Å². The van der Waals surface area contributed by atoms with Crippen LogP contribution in [0.25, 0.3) is 0 Å².